The number of aryl methyl sites for hydroxylation is 1. The number of aromatic nitrogens is 3. The fourth-order valence-electron chi connectivity index (χ4n) is 2.11. The monoisotopic (exact) mass is 389 g/mol. The number of carbonyl (C=O) groups excluding carboxylic acids is 1. The summed E-state index contributed by atoms with van der Waals surface area (Å²) in [5.41, 5.74) is 1.20. The highest BCUT2D eigenvalue weighted by molar-refractivity contribution is 7.92. The summed E-state index contributed by atoms with van der Waals surface area (Å²) in [6.07, 6.45) is 3.04. The van der Waals surface area contributed by atoms with Crippen molar-refractivity contribution in [3.63, 3.8) is 0 Å². The molecule has 0 spiro atoms. The summed E-state index contributed by atoms with van der Waals surface area (Å²) < 4.78 is 26.9. The maximum atomic E-state index is 12.3. The quantitative estimate of drug-likeness (QED) is 0.668. The molecule has 1 amide bonds. The van der Waals surface area contributed by atoms with Crippen LogP contribution in [-0.2, 0) is 21.2 Å². The lowest BCUT2D eigenvalue weighted by Crippen LogP contribution is -2.16. The Bertz CT molecular complexity index is 1000. The molecule has 0 radical (unpaired) electrons. The Hall–Kier alpha value is -2.85. The Morgan fingerprint density at radius 2 is 1.85 bits per heavy atom. The normalized spacial score (nSPS) is 11.1. The van der Waals surface area contributed by atoms with E-state index in [0.717, 1.165) is 5.01 Å². The van der Waals surface area contributed by atoms with Gasteiger partial charge in [0.05, 0.1) is 22.0 Å². The molecule has 8 nitrogen and oxygen atoms in total. The van der Waals surface area contributed by atoms with E-state index in [1.54, 1.807) is 6.07 Å². The van der Waals surface area contributed by atoms with Gasteiger partial charge in [0.15, 0.2) is 0 Å². The molecule has 0 bridgehead atoms. The summed E-state index contributed by atoms with van der Waals surface area (Å²) in [7, 11) is -3.80. The standard InChI is InChI=1S/C16H15N5O3S2/c1-11-19-13(10-25-11)9-15(22)20-12-3-5-14(6-4-12)26(23,24)21-16-17-7-2-8-18-16/h2-8,10H,9H2,1H3,(H,20,22)(H,17,18,21). The summed E-state index contributed by atoms with van der Waals surface area (Å²) in [5, 5.41) is 5.45. The van der Waals surface area contributed by atoms with Gasteiger partial charge in [-0.2, -0.15) is 0 Å². The molecule has 3 aromatic rings. The van der Waals surface area contributed by atoms with Crippen molar-refractivity contribution in [2.45, 2.75) is 18.2 Å². The van der Waals surface area contributed by atoms with Gasteiger partial charge in [-0.3, -0.25) is 4.79 Å². The second kappa shape index (κ2) is 7.58. The van der Waals surface area contributed by atoms with Gasteiger partial charge >= 0.3 is 0 Å². The van der Waals surface area contributed by atoms with Gasteiger partial charge in [0.2, 0.25) is 11.9 Å². The van der Waals surface area contributed by atoms with Gasteiger partial charge in [-0.15, -0.1) is 11.3 Å². The van der Waals surface area contributed by atoms with Crippen molar-refractivity contribution in [1.29, 1.82) is 0 Å². The summed E-state index contributed by atoms with van der Waals surface area (Å²) in [5.74, 6) is -0.231. The fraction of sp³-hybridized carbons (Fsp3) is 0.125. The molecule has 3 rings (SSSR count). The van der Waals surface area contributed by atoms with E-state index in [2.05, 4.69) is 25.0 Å². The molecular formula is C16H15N5O3S2. The van der Waals surface area contributed by atoms with Crippen LogP contribution in [0.15, 0.2) is 53.0 Å². The zero-order chi connectivity index (χ0) is 18.6. The Kier molecular flexibility index (Phi) is 5.24. The number of hydrogen-bond donors (Lipinski definition) is 2. The molecule has 26 heavy (non-hydrogen) atoms. The smallest absolute Gasteiger partial charge is 0.264 e. The number of benzene rings is 1. The average Bonchev–Trinajstić information content (AvgIpc) is 3.00. The number of amides is 1. The molecule has 0 fully saturated rings. The molecule has 134 valence electrons. The largest absolute Gasteiger partial charge is 0.326 e. The van der Waals surface area contributed by atoms with Gasteiger partial charge < -0.3 is 5.32 Å². The Labute approximate surface area is 154 Å². The van der Waals surface area contributed by atoms with Crippen molar-refractivity contribution >= 4 is 38.9 Å². The predicted octanol–water partition coefficient (Wildman–Crippen LogP) is 2.22. The van der Waals surface area contributed by atoms with Crippen LogP contribution in [0.3, 0.4) is 0 Å². The first kappa shape index (κ1) is 18.0. The van der Waals surface area contributed by atoms with E-state index in [1.165, 1.54) is 48.0 Å². The molecule has 0 aliphatic rings. The van der Waals surface area contributed by atoms with Crippen LogP contribution in [0.2, 0.25) is 0 Å². The molecule has 0 saturated heterocycles. The van der Waals surface area contributed by atoms with Crippen molar-refractivity contribution in [3.8, 4) is 0 Å². The average molecular weight is 389 g/mol. The van der Waals surface area contributed by atoms with Crippen LogP contribution in [0.5, 0.6) is 0 Å². The first-order chi connectivity index (χ1) is 12.4. The van der Waals surface area contributed by atoms with Crippen LogP contribution in [0, 0.1) is 6.92 Å². The highest BCUT2D eigenvalue weighted by Gasteiger charge is 2.15. The molecule has 2 N–H and O–H groups in total. The summed E-state index contributed by atoms with van der Waals surface area (Å²) in [6, 6.07) is 7.42. The molecule has 0 unspecified atom stereocenters. The second-order valence-corrected chi connectivity index (χ2v) is 8.03. The van der Waals surface area contributed by atoms with E-state index in [9.17, 15) is 13.2 Å². The van der Waals surface area contributed by atoms with Gasteiger partial charge in [-0.25, -0.2) is 28.1 Å². The number of hydrogen-bond acceptors (Lipinski definition) is 7. The van der Waals surface area contributed by atoms with Crippen LogP contribution in [-0.4, -0.2) is 29.3 Å². The van der Waals surface area contributed by atoms with Crippen molar-refractivity contribution in [1.82, 2.24) is 15.0 Å². The number of sulfonamides is 1. The minimum absolute atomic E-state index is 0.0107. The second-order valence-electron chi connectivity index (χ2n) is 5.29. The zero-order valence-electron chi connectivity index (χ0n) is 13.7. The molecule has 1 aromatic carbocycles. The van der Waals surface area contributed by atoms with Crippen LogP contribution in [0.1, 0.15) is 10.7 Å². The first-order valence-electron chi connectivity index (χ1n) is 7.53. The van der Waals surface area contributed by atoms with Crippen molar-refractivity contribution in [2.24, 2.45) is 0 Å². The highest BCUT2D eigenvalue weighted by atomic mass is 32.2. The van der Waals surface area contributed by atoms with Crippen LogP contribution >= 0.6 is 11.3 Å². The van der Waals surface area contributed by atoms with Gasteiger partial charge in [0.1, 0.15) is 0 Å². The van der Waals surface area contributed by atoms with E-state index in [0.29, 0.717) is 11.4 Å². The number of carbonyl (C=O) groups is 1. The van der Waals surface area contributed by atoms with Crippen LogP contribution in [0.25, 0.3) is 0 Å². The van der Waals surface area contributed by atoms with E-state index in [-0.39, 0.29) is 23.2 Å². The molecule has 10 heteroatoms. The topological polar surface area (TPSA) is 114 Å². The lowest BCUT2D eigenvalue weighted by atomic mass is 10.3. The molecule has 0 atom stereocenters. The third-order valence-corrected chi connectivity index (χ3v) is 5.41. The maximum Gasteiger partial charge on any atom is 0.264 e. The summed E-state index contributed by atoms with van der Waals surface area (Å²) >= 11 is 1.48. The van der Waals surface area contributed by atoms with Crippen LogP contribution in [0.4, 0.5) is 11.6 Å². The molecule has 2 aromatic heterocycles. The van der Waals surface area contributed by atoms with Crippen LogP contribution < -0.4 is 10.0 Å². The SMILES string of the molecule is Cc1nc(CC(=O)Nc2ccc(S(=O)(=O)Nc3ncccn3)cc2)cs1. The number of thiazole rings is 1. The van der Waals surface area contributed by atoms with Gasteiger partial charge in [0.25, 0.3) is 10.0 Å². The minimum Gasteiger partial charge on any atom is -0.326 e. The number of nitrogens with one attached hydrogen (secondary N) is 2. The number of anilines is 2. The Balaban J connectivity index is 1.65. The Morgan fingerprint density at radius 1 is 1.15 bits per heavy atom. The van der Waals surface area contributed by atoms with Crippen molar-refractivity contribution in [2.75, 3.05) is 10.0 Å². The van der Waals surface area contributed by atoms with Gasteiger partial charge in [-0.1, -0.05) is 0 Å². The first-order valence-corrected chi connectivity index (χ1v) is 9.89. The summed E-state index contributed by atoms with van der Waals surface area (Å²) in [6.45, 7) is 1.87. The Morgan fingerprint density at radius 3 is 2.46 bits per heavy atom. The molecule has 0 aliphatic heterocycles. The third-order valence-electron chi connectivity index (χ3n) is 3.25. The molecular weight excluding hydrogens is 374 g/mol. The third kappa shape index (κ3) is 4.61. The predicted molar refractivity (Wildman–Crippen MR) is 98.5 cm³/mol. The number of rotatable bonds is 6. The summed E-state index contributed by atoms with van der Waals surface area (Å²) in [4.78, 5) is 23.9. The van der Waals surface area contributed by atoms with Gasteiger partial charge in [-0.05, 0) is 37.3 Å². The lowest BCUT2D eigenvalue weighted by Gasteiger charge is -2.08. The van der Waals surface area contributed by atoms with E-state index < -0.39 is 10.0 Å². The lowest BCUT2D eigenvalue weighted by molar-refractivity contribution is -0.115. The molecule has 0 saturated carbocycles. The van der Waals surface area contributed by atoms with Crippen molar-refractivity contribution < 1.29 is 13.2 Å². The maximum absolute atomic E-state index is 12.3. The minimum atomic E-state index is -3.80. The zero-order valence-corrected chi connectivity index (χ0v) is 15.3. The van der Waals surface area contributed by atoms with Crippen molar-refractivity contribution in [3.05, 3.63) is 58.8 Å². The highest BCUT2D eigenvalue weighted by Crippen LogP contribution is 2.17. The number of nitrogens with zero attached hydrogens (tertiary/aromatic N) is 3. The van der Waals surface area contributed by atoms with E-state index in [4.69, 9.17) is 0 Å². The molecule has 0 aliphatic carbocycles. The van der Waals surface area contributed by atoms with E-state index >= 15 is 0 Å². The van der Waals surface area contributed by atoms with Gasteiger partial charge in [0, 0.05) is 23.5 Å². The molecule has 2 heterocycles. The fourth-order valence-corrected chi connectivity index (χ4v) is 3.68. The van der Waals surface area contributed by atoms with E-state index in [1.807, 2.05) is 12.3 Å².